The van der Waals surface area contributed by atoms with Gasteiger partial charge in [-0.05, 0) is 28.1 Å². The van der Waals surface area contributed by atoms with Gasteiger partial charge in [-0.15, -0.1) is 0 Å². The highest BCUT2D eigenvalue weighted by atomic mass is 79.9. The largest absolute Gasteiger partial charge is 0.275 e. The maximum absolute atomic E-state index is 4.42. The number of benzene rings is 2. The molecule has 0 aliphatic carbocycles. The average molecular weight is 384 g/mol. The highest BCUT2D eigenvalue weighted by Crippen LogP contribution is 2.40. The number of rotatable bonds is 1. The first kappa shape index (κ1) is 12.3. The van der Waals surface area contributed by atoms with Gasteiger partial charge in [-0.25, -0.2) is 0 Å². The van der Waals surface area contributed by atoms with Crippen LogP contribution in [0.2, 0.25) is 0 Å². The van der Waals surface area contributed by atoms with Crippen LogP contribution in [0.4, 0.5) is 5.69 Å². The van der Waals surface area contributed by atoms with E-state index in [-0.39, 0.29) is 0 Å². The van der Waals surface area contributed by atoms with Crippen LogP contribution < -0.4 is 5.43 Å². The lowest BCUT2D eigenvalue weighted by Gasteiger charge is -2.18. The van der Waals surface area contributed by atoms with Crippen LogP contribution in [0, 0.1) is 0 Å². The number of thioether (sulfide) groups is 1. The maximum atomic E-state index is 4.42. The van der Waals surface area contributed by atoms with Crippen LogP contribution >= 0.6 is 43.6 Å². The molecular formula is C13H8Br2N2S. The maximum Gasteiger partial charge on any atom is 0.128 e. The van der Waals surface area contributed by atoms with Crippen molar-refractivity contribution in [3.63, 3.8) is 0 Å². The van der Waals surface area contributed by atoms with Crippen LogP contribution in [-0.4, -0.2) is 5.04 Å². The highest BCUT2D eigenvalue weighted by molar-refractivity contribution is 9.11. The first-order valence-electron chi connectivity index (χ1n) is 5.30. The molecular weight excluding hydrogens is 376 g/mol. The van der Waals surface area contributed by atoms with Crippen molar-refractivity contribution < 1.29 is 0 Å². The molecule has 1 heterocycles. The molecule has 1 N–H and O–H groups in total. The number of nitrogens with zero attached hydrogens (tertiary/aromatic N) is 1. The predicted octanol–water partition coefficient (Wildman–Crippen LogP) is 5.09. The molecule has 1 aliphatic rings. The summed E-state index contributed by atoms with van der Waals surface area (Å²) in [7, 11) is 0. The number of fused-ring (bicyclic) bond motifs is 1. The van der Waals surface area contributed by atoms with Crippen molar-refractivity contribution >= 4 is 54.4 Å². The molecule has 0 saturated heterocycles. The SMILES string of the molecule is Brc1cc(Br)c2c(c1)SC(c1ccccc1)=NN2. The molecule has 0 spiro atoms. The zero-order valence-corrected chi connectivity index (χ0v) is 13.1. The third-order valence-electron chi connectivity index (χ3n) is 2.52. The summed E-state index contributed by atoms with van der Waals surface area (Å²) in [6.45, 7) is 0. The van der Waals surface area contributed by atoms with Crippen molar-refractivity contribution in [2.45, 2.75) is 4.90 Å². The Morgan fingerprint density at radius 3 is 2.61 bits per heavy atom. The lowest BCUT2D eigenvalue weighted by atomic mass is 10.2. The number of hydrogen-bond donors (Lipinski definition) is 1. The van der Waals surface area contributed by atoms with Crippen molar-refractivity contribution in [1.82, 2.24) is 0 Å². The molecule has 2 aromatic carbocycles. The molecule has 3 rings (SSSR count). The van der Waals surface area contributed by atoms with E-state index in [2.05, 4.69) is 60.6 Å². The van der Waals surface area contributed by atoms with Gasteiger partial charge in [0.2, 0.25) is 0 Å². The van der Waals surface area contributed by atoms with Gasteiger partial charge in [-0.1, -0.05) is 58.0 Å². The first-order valence-corrected chi connectivity index (χ1v) is 7.70. The van der Waals surface area contributed by atoms with Crippen LogP contribution in [0.15, 0.2) is 61.4 Å². The molecule has 0 amide bonds. The van der Waals surface area contributed by atoms with Crippen LogP contribution in [0.3, 0.4) is 0 Å². The molecule has 0 unspecified atom stereocenters. The summed E-state index contributed by atoms with van der Waals surface area (Å²) in [5, 5.41) is 5.40. The Hall–Kier alpha value is -0.780. The number of anilines is 1. The van der Waals surface area contributed by atoms with E-state index in [9.17, 15) is 0 Å². The lowest BCUT2D eigenvalue weighted by molar-refractivity contribution is 1.25. The number of hydrazone groups is 1. The fourth-order valence-corrected chi connectivity index (χ4v) is 4.27. The number of halogens is 2. The van der Waals surface area contributed by atoms with Gasteiger partial charge in [0.1, 0.15) is 5.04 Å². The molecule has 1 aliphatic heterocycles. The average Bonchev–Trinajstić information content (AvgIpc) is 2.39. The van der Waals surface area contributed by atoms with E-state index in [1.807, 2.05) is 24.3 Å². The fraction of sp³-hybridized carbons (Fsp3) is 0. The summed E-state index contributed by atoms with van der Waals surface area (Å²) in [4.78, 5) is 1.16. The minimum atomic E-state index is 0.980. The van der Waals surface area contributed by atoms with Gasteiger partial charge >= 0.3 is 0 Å². The summed E-state index contributed by atoms with van der Waals surface area (Å²) in [6, 6.07) is 14.3. The molecule has 0 bridgehead atoms. The van der Waals surface area contributed by atoms with Crippen LogP contribution in [0.1, 0.15) is 5.56 Å². The highest BCUT2D eigenvalue weighted by Gasteiger charge is 2.17. The van der Waals surface area contributed by atoms with Crippen molar-refractivity contribution in [3.8, 4) is 0 Å². The predicted molar refractivity (Wildman–Crippen MR) is 84.3 cm³/mol. The van der Waals surface area contributed by atoms with E-state index >= 15 is 0 Å². The van der Waals surface area contributed by atoms with Crippen LogP contribution in [0.5, 0.6) is 0 Å². The Labute approximate surface area is 126 Å². The third kappa shape index (κ3) is 2.35. The number of hydrogen-bond acceptors (Lipinski definition) is 3. The van der Waals surface area contributed by atoms with Gasteiger partial charge in [0.15, 0.2) is 0 Å². The summed E-state index contributed by atoms with van der Waals surface area (Å²) < 4.78 is 2.06. The van der Waals surface area contributed by atoms with E-state index in [0.717, 1.165) is 30.1 Å². The van der Waals surface area contributed by atoms with Crippen LogP contribution in [-0.2, 0) is 0 Å². The second-order valence-electron chi connectivity index (χ2n) is 3.76. The third-order valence-corrected chi connectivity index (χ3v) is 4.66. The lowest BCUT2D eigenvalue weighted by Crippen LogP contribution is -2.07. The van der Waals surface area contributed by atoms with Crippen molar-refractivity contribution in [3.05, 3.63) is 57.0 Å². The smallest absolute Gasteiger partial charge is 0.128 e. The van der Waals surface area contributed by atoms with Crippen molar-refractivity contribution in [2.24, 2.45) is 5.10 Å². The topological polar surface area (TPSA) is 24.4 Å². The minimum absolute atomic E-state index is 0.980. The Balaban J connectivity index is 2.00. The van der Waals surface area contributed by atoms with Gasteiger partial charge < -0.3 is 0 Å². The monoisotopic (exact) mass is 382 g/mol. The molecule has 0 fully saturated rings. The summed E-state index contributed by atoms with van der Waals surface area (Å²) >= 11 is 8.71. The van der Waals surface area contributed by atoms with E-state index in [1.165, 1.54) is 0 Å². The van der Waals surface area contributed by atoms with E-state index in [4.69, 9.17) is 0 Å². The zero-order valence-electron chi connectivity index (χ0n) is 9.15. The van der Waals surface area contributed by atoms with E-state index in [0.29, 0.717) is 0 Å². The fourth-order valence-electron chi connectivity index (χ4n) is 1.68. The molecule has 2 nitrogen and oxygen atoms in total. The molecule has 18 heavy (non-hydrogen) atoms. The van der Waals surface area contributed by atoms with E-state index < -0.39 is 0 Å². The van der Waals surface area contributed by atoms with Crippen LogP contribution in [0.25, 0.3) is 0 Å². The first-order chi connectivity index (χ1) is 8.74. The Kier molecular flexibility index (Phi) is 3.46. The molecule has 0 radical (unpaired) electrons. The summed E-state index contributed by atoms with van der Waals surface area (Å²) in [5.74, 6) is 0. The second kappa shape index (κ2) is 5.07. The standard InChI is InChI=1S/C13H8Br2N2S/c14-9-6-10(15)12-11(7-9)18-13(17-16-12)8-4-2-1-3-5-8/h1-7,16H. The minimum Gasteiger partial charge on any atom is -0.275 e. The molecule has 0 aromatic heterocycles. The molecule has 0 saturated carbocycles. The van der Waals surface area contributed by atoms with Gasteiger partial charge in [0.25, 0.3) is 0 Å². The second-order valence-corrected chi connectivity index (χ2v) is 6.56. The quantitative estimate of drug-likeness (QED) is 0.741. The van der Waals surface area contributed by atoms with Gasteiger partial charge in [-0.2, -0.15) is 5.10 Å². The van der Waals surface area contributed by atoms with E-state index in [1.54, 1.807) is 11.8 Å². The summed E-state index contributed by atoms with van der Waals surface area (Å²) in [5.41, 5.74) is 5.24. The normalized spacial score (nSPS) is 13.6. The molecule has 90 valence electrons. The zero-order chi connectivity index (χ0) is 12.5. The Morgan fingerprint density at radius 2 is 1.83 bits per heavy atom. The summed E-state index contributed by atoms with van der Waals surface area (Å²) in [6.07, 6.45) is 0. The van der Waals surface area contributed by atoms with Crippen molar-refractivity contribution in [2.75, 3.05) is 5.43 Å². The van der Waals surface area contributed by atoms with Gasteiger partial charge in [0, 0.05) is 19.4 Å². The Morgan fingerprint density at radius 1 is 1.06 bits per heavy atom. The molecule has 2 aromatic rings. The van der Waals surface area contributed by atoms with Gasteiger partial charge in [-0.3, -0.25) is 5.43 Å². The molecule has 5 heteroatoms. The number of nitrogens with one attached hydrogen (secondary N) is 1. The van der Waals surface area contributed by atoms with Crippen molar-refractivity contribution in [1.29, 1.82) is 0 Å². The Bertz CT molecular complexity index is 626. The molecule has 0 atom stereocenters. The van der Waals surface area contributed by atoms with Gasteiger partial charge in [0.05, 0.1) is 5.69 Å².